The van der Waals surface area contributed by atoms with Crippen LogP contribution in [0, 0.1) is 0 Å². The number of phenolic OH excluding ortho intramolecular Hbond substituents is 2. The number of rotatable bonds is 13. The van der Waals surface area contributed by atoms with Gasteiger partial charge in [-0.25, -0.2) is 0 Å². The molecule has 5 N–H and O–H groups in total. The first kappa shape index (κ1) is 29.1. The van der Waals surface area contributed by atoms with Gasteiger partial charge in [0.2, 0.25) is 5.75 Å². The third-order valence-corrected chi connectivity index (χ3v) is 5.12. The van der Waals surface area contributed by atoms with Gasteiger partial charge in [0.1, 0.15) is 6.10 Å². The van der Waals surface area contributed by atoms with E-state index >= 15 is 0 Å². The molecule has 0 saturated heterocycles. The zero-order valence-electron chi connectivity index (χ0n) is 20.8. The number of carbonyl (C=O) groups excluding carboxylic acids is 2. The molecule has 0 aromatic heterocycles. The maximum Gasteiger partial charge on any atom is 0.251 e. The number of carbonyl (C=O) groups is 2. The molecule has 2 aromatic carbocycles. The summed E-state index contributed by atoms with van der Waals surface area (Å²) in [5.41, 5.74) is 6.67. The fraction of sp³-hybridized carbons (Fsp3) is 0.462. The lowest BCUT2D eigenvalue weighted by Gasteiger charge is -2.26. The minimum atomic E-state index is -0.632. The summed E-state index contributed by atoms with van der Waals surface area (Å²) in [5, 5.41) is 22.5. The molecule has 3 rings (SSSR count). The Morgan fingerprint density at radius 1 is 0.972 bits per heavy atom. The SMILES string of the molecule is CC.NCCOCCOCCOCCNC(=O)c1ccc(C2CC(=O)c3ccc(O)c(O)c3O2)cc1. The first-order valence-electron chi connectivity index (χ1n) is 12.1. The van der Waals surface area contributed by atoms with E-state index in [0.717, 1.165) is 0 Å². The van der Waals surface area contributed by atoms with E-state index in [1.165, 1.54) is 12.1 Å². The van der Waals surface area contributed by atoms with Crippen LogP contribution in [0.15, 0.2) is 36.4 Å². The number of nitrogens with one attached hydrogen (secondary N) is 1. The van der Waals surface area contributed by atoms with Gasteiger partial charge >= 0.3 is 0 Å². The summed E-state index contributed by atoms with van der Waals surface area (Å²) in [6.07, 6.45) is -0.544. The van der Waals surface area contributed by atoms with Crippen LogP contribution in [-0.4, -0.2) is 74.6 Å². The monoisotopic (exact) mass is 504 g/mol. The number of amides is 1. The molecular weight excluding hydrogens is 468 g/mol. The maximum atomic E-state index is 12.4. The van der Waals surface area contributed by atoms with Crippen molar-refractivity contribution in [1.82, 2.24) is 5.32 Å². The highest BCUT2D eigenvalue weighted by molar-refractivity contribution is 6.01. The largest absolute Gasteiger partial charge is 0.504 e. The Balaban J connectivity index is 0.00000222. The van der Waals surface area contributed by atoms with E-state index in [-0.39, 0.29) is 35.2 Å². The van der Waals surface area contributed by atoms with Crippen molar-refractivity contribution in [3.8, 4) is 17.2 Å². The van der Waals surface area contributed by atoms with Gasteiger partial charge in [-0.15, -0.1) is 0 Å². The standard InChI is InChI=1S/C24H30N2O8.C2H6/c25-7-9-31-11-13-33-14-12-32-10-8-26-24(30)17-3-1-16(2-4-17)21-15-20(28)18-5-6-19(27)22(29)23(18)34-21;1-2/h1-6,21,27,29H,7-15,25H2,(H,26,30);1-2H3. The quantitative estimate of drug-likeness (QED) is 0.238. The van der Waals surface area contributed by atoms with Crippen LogP contribution in [0.3, 0.4) is 0 Å². The van der Waals surface area contributed by atoms with Crippen molar-refractivity contribution in [1.29, 1.82) is 0 Å². The molecule has 10 nitrogen and oxygen atoms in total. The lowest BCUT2D eigenvalue weighted by Crippen LogP contribution is -2.27. The van der Waals surface area contributed by atoms with Crippen molar-refractivity contribution in [2.75, 3.05) is 52.7 Å². The Bertz CT molecular complexity index is 965. The highest BCUT2D eigenvalue weighted by Gasteiger charge is 2.31. The van der Waals surface area contributed by atoms with Gasteiger partial charge in [0.15, 0.2) is 17.3 Å². The minimum absolute atomic E-state index is 0.0339. The number of hydrogen-bond donors (Lipinski definition) is 4. The second-order valence-corrected chi connectivity index (χ2v) is 7.55. The van der Waals surface area contributed by atoms with Crippen molar-refractivity contribution in [2.24, 2.45) is 5.73 Å². The molecular formula is C26H36N2O8. The molecule has 1 aliphatic heterocycles. The normalized spacial score (nSPS) is 14.3. The van der Waals surface area contributed by atoms with E-state index in [2.05, 4.69) is 5.32 Å². The highest BCUT2D eigenvalue weighted by Crippen LogP contribution is 2.44. The van der Waals surface area contributed by atoms with Gasteiger partial charge in [-0.05, 0) is 29.8 Å². The smallest absolute Gasteiger partial charge is 0.251 e. The number of fused-ring (bicyclic) bond motifs is 1. The number of ether oxygens (including phenoxy) is 4. The Morgan fingerprint density at radius 2 is 1.58 bits per heavy atom. The molecule has 1 atom stereocenters. The Hall–Kier alpha value is -3.18. The minimum Gasteiger partial charge on any atom is -0.504 e. The van der Waals surface area contributed by atoms with Gasteiger partial charge in [0, 0.05) is 18.7 Å². The van der Waals surface area contributed by atoms with Crippen molar-refractivity contribution in [2.45, 2.75) is 26.4 Å². The van der Waals surface area contributed by atoms with E-state index in [9.17, 15) is 19.8 Å². The predicted octanol–water partition coefficient (Wildman–Crippen LogP) is 2.57. The second kappa shape index (κ2) is 15.7. The van der Waals surface area contributed by atoms with Crippen LogP contribution in [-0.2, 0) is 14.2 Å². The van der Waals surface area contributed by atoms with Crippen molar-refractivity contribution in [3.05, 3.63) is 53.1 Å². The molecule has 0 saturated carbocycles. The van der Waals surface area contributed by atoms with Crippen LogP contribution in [0.25, 0.3) is 0 Å². The average Bonchev–Trinajstić information content (AvgIpc) is 2.90. The molecule has 0 bridgehead atoms. The number of aromatic hydroxyl groups is 2. The summed E-state index contributed by atoms with van der Waals surface area (Å²) in [4.78, 5) is 24.8. The Labute approximate surface area is 211 Å². The summed E-state index contributed by atoms with van der Waals surface area (Å²) in [6, 6.07) is 9.34. The summed E-state index contributed by atoms with van der Waals surface area (Å²) < 4.78 is 21.7. The van der Waals surface area contributed by atoms with Crippen LogP contribution in [0.4, 0.5) is 0 Å². The summed E-state index contributed by atoms with van der Waals surface area (Å²) in [7, 11) is 0. The fourth-order valence-electron chi connectivity index (χ4n) is 3.36. The van der Waals surface area contributed by atoms with Crippen molar-refractivity contribution in [3.63, 3.8) is 0 Å². The lowest BCUT2D eigenvalue weighted by atomic mass is 9.95. The topological polar surface area (TPSA) is 150 Å². The average molecular weight is 505 g/mol. The van der Waals surface area contributed by atoms with Gasteiger partial charge in [-0.2, -0.15) is 0 Å². The molecule has 1 unspecified atom stereocenters. The van der Waals surface area contributed by atoms with E-state index in [1.807, 2.05) is 13.8 Å². The first-order valence-corrected chi connectivity index (χ1v) is 12.1. The number of Topliss-reactive ketones (excluding diaryl/α,β-unsaturated/α-hetero) is 1. The van der Waals surface area contributed by atoms with Crippen LogP contribution < -0.4 is 15.8 Å². The zero-order chi connectivity index (χ0) is 26.3. The van der Waals surface area contributed by atoms with Crippen LogP contribution in [0.1, 0.15) is 52.7 Å². The molecule has 1 heterocycles. The predicted molar refractivity (Wildman–Crippen MR) is 134 cm³/mol. The molecule has 0 radical (unpaired) electrons. The van der Waals surface area contributed by atoms with Crippen LogP contribution >= 0.6 is 0 Å². The van der Waals surface area contributed by atoms with Gasteiger partial charge in [0.25, 0.3) is 5.91 Å². The molecule has 2 aromatic rings. The molecule has 1 aliphatic rings. The number of benzene rings is 2. The van der Waals surface area contributed by atoms with Crippen LogP contribution in [0.2, 0.25) is 0 Å². The number of hydrogen-bond acceptors (Lipinski definition) is 9. The van der Waals surface area contributed by atoms with E-state index in [0.29, 0.717) is 63.9 Å². The molecule has 0 fully saturated rings. The maximum absolute atomic E-state index is 12.4. The second-order valence-electron chi connectivity index (χ2n) is 7.55. The molecule has 0 aliphatic carbocycles. The number of nitrogens with two attached hydrogens (primary N) is 1. The third kappa shape index (κ3) is 8.49. The molecule has 10 heteroatoms. The highest BCUT2D eigenvalue weighted by atomic mass is 16.5. The van der Waals surface area contributed by atoms with Gasteiger partial charge in [-0.1, -0.05) is 26.0 Å². The van der Waals surface area contributed by atoms with Crippen molar-refractivity contribution < 1.29 is 38.7 Å². The molecule has 0 spiro atoms. The van der Waals surface area contributed by atoms with Gasteiger partial charge in [0.05, 0.1) is 51.6 Å². The van der Waals surface area contributed by atoms with Gasteiger partial charge < -0.3 is 40.2 Å². The Kier molecular flexibility index (Phi) is 12.7. The lowest BCUT2D eigenvalue weighted by molar-refractivity contribution is 0.0166. The van der Waals surface area contributed by atoms with E-state index in [1.54, 1.807) is 24.3 Å². The zero-order valence-corrected chi connectivity index (χ0v) is 20.8. The number of ketones is 1. The molecule has 198 valence electrons. The number of phenols is 2. The first-order chi connectivity index (χ1) is 17.5. The Morgan fingerprint density at radius 3 is 2.22 bits per heavy atom. The summed E-state index contributed by atoms with van der Waals surface area (Å²) in [5.74, 6) is -1.31. The van der Waals surface area contributed by atoms with Gasteiger partial charge in [-0.3, -0.25) is 9.59 Å². The summed E-state index contributed by atoms with van der Waals surface area (Å²) in [6.45, 7) is 7.53. The van der Waals surface area contributed by atoms with E-state index < -0.39 is 11.9 Å². The third-order valence-electron chi connectivity index (χ3n) is 5.12. The molecule has 36 heavy (non-hydrogen) atoms. The fourth-order valence-corrected chi connectivity index (χ4v) is 3.36. The van der Waals surface area contributed by atoms with E-state index in [4.69, 9.17) is 24.7 Å². The molecule has 1 amide bonds. The van der Waals surface area contributed by atoms with Crippen molar-refractivity contribution >= 4 is 11.7 Å². The summed E-state index contributed by atoms with van der Waals surface area (Å²) >= 11 is 0. The van der Waals surface area contributed by atoms with Crippen LogP contribution in [0.5, 0.6) is 17.2 Å².